The Kier molecular flexibility index (Phi) is 5.63. The smallest absolute Gasteiger partial charge is 0.219 e. The Morgan fingerprint density at radius 3 is 2.48 bits per heavy atom. The van der Waals surface area contributed by atoms with Gasteiger partial charge in [-0.2, -0.15) is 0 Å². The fraction of sp³-hybridized carbons (Fsp3) is 0.684. The molecule has 2 aromatic rings. The van der Waals surface area contributed by atoms with Crippen LogP contribution in [0.25, 0.3) is 0 Å². The summed E-state index contributed by atoms with van der Waals surface area (Å²) in [6.45, 7) is 6.24. The Bertz CT molecular complexity index is 735. The number of hydrogen-bond donors (Lipinski definition) is 1. The van der Waals surface area contributed by atoms with E-state index in [9.17, 15) is 0 Å². The molecule has 2 saturated heterocycles. The van der Waals surface area contributed by atoms with Crippen LogP contribution in [0.15, 0.2) is 12.4 Å². The van der Waals surface area contributed by atoms with Gasteiger partial charge in [-0.25, -0.2) is 9.97 Å². The third-order valence-corrected chi connectivity index (χ3v) is 5.81. The molecule has 8 heteroatoms. The zero-order valence-electron chi connectivity index (χ0n) is 16.2. The van der Waals surface area contributed by atoms with Crippen LogP contribution in [0.4, 0.5) is 5.95 Å². The summed E-state index contributed by atoms with van der Waals surface area (Å²) in [6.07, 6.45) is 9.96. The number of likely N-dealkylation sites (tertiary alicyclic amines) is 2. The average Bonchev–Trinajstić information content (AvgIpc) is 3.05. The summed E-state index contributed by atoms with van der Waals surface area (Å²) in [6, 6.07) is 0. The maximum Gasteiger partial charge on any atom is 0.219 e. The molecule has 0 saturated carbocycles. The predicted molar refractivity (Wildman–Crippen MR) is 104 cm³/mol. The number of piperidine rings is 2. The molecule has 0 aliphatic carbocycles. The Morgan fingerprint density at radius 2 is 1.70 bits per heavy atom. The van der Waals surface area contributed by atoms with Crippen LogP contribution in [0.2, 0.25) is 0 Å². The third kappa shape index (κ3) is 4.44. The van der Waals surface area contributed by atoms with E-state index in [0.29, 0.717) is 11.9 Å². The van der Waals surface area contributed by atoms with Crippen LogP contribution in [-0.4, -0.2) is 60.7 Å². The largest absolute Gasteiger partial charge is 0.368 e. The van der Waals surface area contributed by atoms with Crippen molar-refractivity contribution in [2.24, 2.45) is 7.05 Å². The van der Waals surface area contributed by atoms with Gasteiger partial charge >= 0.3 is 0 Å². The fourth-order valence-corrected chi connectivity index (χ4v) is 4.30. The SMILES string of the molecule is Cn1c(CN2CCCCC2)nnc1C1CCCN(Cc2cnc(N)nc2)C1. The molecule has 0 spiro atoms. The zero-order chi connectivity index (χ0) is 18.6. The summed E-state index contributed by atoms with van der Waals surface area (Å²) >= 11 is 0. The van der Waals surface area contributed by atoms with Crippen molar-refractivity contribution in [2.45, 2.75) is 51.1 Å². The van der Waals surface area contributed by atoms with Crippen LogP contribution in [0.3, 0.4) is 0 Å². The highest BCUT2D eigenvalue weighted by Crippen LogP contribution is 2.27. The lowest BCUT2D eigenvalue weighted by atomic mass is 9.97. The van der Waals surface area contributed by atoms with Gasteiger partial charge in [0.15, 0.2) is 0 Å². The maximum atomic E-state index is 5.59. The lowest BCUT2D eigenvalue weighted by molar-refractivity contribution is 0.193. The van der Waals surface area contributed by atoms with E-state index in [0.717, 1.165) is 43.4 Å². The zero-order valence-corrected chi connectivity index (χ0v) is 16.2. The molecule has 27 heavy (non-hydrogen) atoms. The number of nitrogens with two attached hydrogens (primary N) is 1. The van der Waals surface area contributed by atoms with E-state index in [4.69, 9.17) is 5.73 Å². The second-order valence-electron chi connectivity index (χ2n) is 7.89. The Morgan fingerprint density at radius 1 is 0.963 bits per heavy atom. The van der Waals surface area contributed by atoms with E-state index >= 15 is 0 Å². The molecule has 1 unspecified atom stereocenters. The van der Waals surface area contributed by atoms with Crippen LogP contribution < -0.4 is 5.73 Å². The minimum Gasteiger partial charge on any atom is -0.368 e. The molecule has 0 aromatic carbocycles. The van der Waals surface area contributed by atoms with Crippen LogP contribution in [0.1, 0.15) is 55.2 Å². The monoisotopic (exact) mass is 370 g/mol. The lowest BCUT2D eigenvalue weighted by Gasteiger charge is -2.32. The second kappa shape index (κ2) is 8.31. The van der Waals surface area contributed by atoms with Crippen molar-refractivity contribution in [3.05, 3.63) is 29.6 Å². The van der Waals surface area contributed by atoms with Gasteiger partial charge in [0, 0.05) is 44.0 Å². The summed E-state index contributed by atoms with van der Waals surface area (Å²) in [7, 11) is 2.13. The molecule has 2 fully saturated rings. The van der Waals surface area contributed by atoms with Gasteiger partial charge in [0.2, 0.25) is 5.95 Å². The first-order valence-corrected chi connectivity index (χ1v) is 10.1. The average molecular weight is 371 g/mol. The van der Waals surface area contributed by atoms with Gasteiger partial charge in [0.1, 0.15) is 11.6 Å². The van der Waals surface area contributed by atoms with Crippen molar-refractivity contribution in [3.63, 3.8) is 0 Å². The quantitative estimate of drug-likeness (QED) is 0.854. The molecular weight excluding hydrogens is 340 g/mol. The number of nitrogens with zero attached hydrogens (tertiary/aromatic N) is 7. The molecule has 4 rings (SSSR count). The molecule has 0 radical (unpaired) electrons. The van der Waals surface area contributed by atoms with E-state index in [-0.39, 0.29) is 0 Å². The highest BCUT2D eigenvalue weighted by Gasteiger charge is 2.26. The van der Waals surface area contributed by atoms with Crippen molar-refractivity contribution < 1.29 is 0 Å². The van der Waals surface area contributed by atoms with Crippen LogP contribution in [-0.2, 0) is 20.1 Å². The summed E-state index contributed by atoms with van der Waals surface area (Å²) in [5, 5.41) is 9.10. The van der Waals surface area contributed by atoms with Gasteiger partial charge in [-0.3, -0.25) is 9.80 Å². The summed E-state index contributed by atoms with van der Waals surface area (Å²) in [4.78, 5) is 13.2. The number of anilines is 1. The van der Waals surface area contributed by atoms with Gasteiger partial charge in [0.25, 0.3) is 0 Å². The lowest BCUT2D eigenvalue weighted by Crippen LogP contribution is -2.35. The molecule has 2 aliphatic heterocycles. The van der Waals surface area contributed by atoms with Gasteiger partial charge in [-0.15, -0.1) is 10.2 Å². The van der Waals surface area contributed by atoms with Crippen molar-refractivity contribution in [3.8, 4) is 0 Å². The molecule has 0 bridgehead atoms. The van der Waals surface area contributed by atoms with Crippen LogP contribution >= 0.6 is 0 Å². The summed E-state index contributed by atoms with van der Waals surface area (Å²) in [5.74, 6) is 2.98. The molecule has 2 N–H and O–H groups in total. The predicted octanol–water partition coefficient (Wildman–Crippen LogP) is 1.55. The molecule has 4 heterocycles. The molecule has 2 aromatic heterocycles. The maximum absolute atomic E-state index is 5.59. The number of nitrogen functional groups attached to an aromatic ring is 1. The third-order valence-electron chi connectivity index (χ3n) is 5.81. The van der Waals surface area contributed by atoms with Gasteiger partial charge < -0.3 is 10.3 Å². The van der Waals surface area contributed by atoms with E-state index in [2.05, 4.69) is 41.6 Å². The highest BCUT2D eigenvalue weighted by molar-refractivity contribution is 5.17. The number of aromatic nitrogens is 5. The number of rotatable bonds is 5. The van der Waals surface area contributed by atoms with Crippen molar-refractivity contribution in [1.29, 1.82) is 0 Å². The van der Waals surface area contributed by atoms with Crippen molar-refractivity contribution in [1.82, 2.24) is 34.5 Å². The van der Waals surface area contributed by atoms with Crippen molar-refractivity contribution >= 4 is 5.95 Å². The minimum atomic E-state index is 0.329. The summed E-state index contributed by atoms with van der Waals surface area (Å²) < 4.78 is 2.23. The molecule has 2 aliphatic rings. The standard InChI is InChI=1S/C19H30N8/c1-25-17(14-26-7-3-2-4-8-26)23-24-18(25)16-6-5-9-27(13-16)12-15-10-21-19(20)22-11-15/h10-11,16H,2-9,12-14H2,1H3,(H2,20,21,22). The Hall–Kier alpha value is -2.06. The molecule has 8 nitrogen and oxygen atoms in total. The van der Waals surface area contributed by atoms with E-state index in [1.54, 1.807) is 0 Å². The van der Waals surface area contributed by atoms with E-state index < -0.39 is 0 Å². The van der Waals surface area contributed by atoms with Crippen LogP contribution in [0, 0.1) is 0 Å². The van der Waals surface area contributed by atoms with E-state index in [1.807, 2.05) is 12.4 Å². The van der Waals surface area contributed by atoms with E-state index in [1.165, 1.54) is 45.2 Å². The Balaban J connectivity index is 1.39. The fourth-order valence-electron chi connectivity index (χ4n) is 4.30. The first-order valence-electron chi connectivity index (χ1n) is 10.1. The summed E-state index contributed by atoms with van der Waals surface area (Å²) in [5.41, 5.74) is 6.69. The van der Waals surface area contributed by atoms with Gasteiger partial charge in [-0.05, 0) is 45.3 Å². The highest BCUT2D eigenvalue weighted by atomic mass is 15.3. The normalized spacial score (nSPS) is 22.2. The molecule has 1 atom stereocenters. The Labute approximate surface area is 160 Å². The first-order chi connectivity index (χ1) is 13.2. The van der Waals surface area contributed by atoms with Crippen molar-refractivity contribution in [2.75, 3.05) is 31.9 Å². The van der Waals surface area contributed by atoms with Crippen LogP contribution in [0.5, 0.6) is 0 Å². The van der Waals surface area contributed by atoms with Gasteiger partial charge in [0.05, 0.1) is 6.54 Å². The van der Waals surface area contributed by atoms with Gasteiger partial charge in [-0.1, -0.05) is 6.42 Å². The topological polar surface area (TPSA) is 89.0 Å². The molecule has 146 valence electrons. The minimum absolute atomic E-state index is 0.329. The first kappa shape index (κ1) is 18.3. The number of hydrogen-bond acceptors (Lipinski definition) is 7. The second-order valence-corrected chi connectivity index (χ2v) is 7.89. The molecular formula is C19H30N8. The molecule has 0 amide bonds.